The van der Waals surface area contributed by atoms with Crippen LogP contribution in [0, 0.1) is 5.82 Å². The number of nitrogens with one attached hydrogen (secondary N) is 1. The summed E-state index contributed by atoms with van der Waals surface area (Å²) in [4.78, 5) is 33.8. The third-order valence-electron chi connectivity index (χ3n) is 5.95. The first-order valence-electron chi connectivity index (χ1n) is 11.5. The summed E-state index contributed by atoms with van der Waals surface area (Å²) in [5.41, 5.74) is 4.25. The van der Waals surface area contributed by atoms with Gasteiger partial charge in [-0.05, 0) is 53.8 Å². The average Bonchev–Trinajstić information content (AvgIpc) is 3.17. The molecule has 180 valence electrons. The number of amides is 1. The smallest absolute Gasteiger partial charge is 0.335 e. The van der Waals surface area contributed by atoms with Gasteiger partial charge in [0.15, 0.2) is 0 Å². The highest BCUT2D eigenvalue weighted by atomic mass is 19.1. The summed E-state index contributed by atoms with van der Waals surface area (Å²) < 4.78 is 15.6. The fourth-order valence-corrected chi connectivity index (χ4v) is 4.46. The lowest BCUT2D eigenvalue weighted by molar-refractivity contribution is 0.0696. The van der Waals surface area contributed by atoms with Gasteiger partial charge in [0.2, 0.25) is 0 Å². The van der Waals surface area contributed by atoms with Gasteiger partial charge < -0.3 is 15.0 Å². The molecular formula is C27H27FN4O3. The molecule has 0 radical (unpaired) electrons. The van der Waals surface area contributed by atoms with Crippen molar-refractivity contribution in [3.63, 3.8) is 0 Å². The summed E-state index contributed by atoms with van der Waals surface area (Å²) in [6, 6.07) is 10.2. The molecule has 3 heterocycles. The van der Waals surface area contributed by atoms with Crippen molar-refractivity contribution in [2.75, 3.05) is 0 Å². The summed E-state index contributed by atoms with van der Waals surface area (Å²) in [5, 5.41) is 13.4. The van der Waals surface area contributed by atoms with Gasteiger partial charge in [-0.3, -0.25) is 14.8 Å². The van der Waals surface area contributed by atoms with E-state index in [4.69, 9.17) is 0 Å². The van der Waals surface area contributed by atoms with Crippen molar-refractivity contribution in [3.05, 3.63) is 94.4 Å². The summed E-state index contributed by atoms with van der Waals surface area (Å²) >= 11 is 0. The van der Waals surface area contributed by atoms with Gasteiger partial charge in [0.1, 0.15) is 5.82 Å². The van der Waals surface area contributed by atoms with Gasteiger partial charge in [-0.1, -0.05) is 26.8 Å². The first-order chi connectivity index (χ1) is 16.8. The Morgan fingerprint density at radius 3 is 2.60 bits per heavy atom. The van der Waals surface area contributed by atoms with Crippen LogP contribution < -0.4 is 5.32 Å². The maximum atomic E-state index is 13.6. The topological polar surface area (TPSA) is 97.1 Å². The quantitative estimate of drug-likeness (QED) is 0.377. The van der Waals surface area contributed by atoms with E-state index in [1.165, 1.54) is 12.3 Å². The Morgan fingerprint density at radius 1 is 1.17 bits per heavy atom. The molecule has 0 aliphatic carbocycles. The van der Waals surface area contributed by atoms with Crippen LogP contribution in [0.25, 0.3) is 10.9 Å². The Morgan fingerprint density at radius 2 is 1.97 bits per heavy atom. The lowest BCUT2D eigenvalue weighted by Crippen LogP contribution is -2.25. The molecule has 0 atom stereocenters. The number of aromatic nitrogens is 3. The van der Waals surface area contributed by atoms with Crippen LogP contribution in [-0.2, 0) is 19.5 Å². The van der Waals surface area contributed by atoms with Crippen molar-refractivity contribution in [2.45, 2.75) is 46.2 Å². The van der Waals surface area contributed by atoms with Crippen LogP contribution in [0.4, 0.5) is 4.39 Å². The van der Waals surface area contributed by atoms with Gasteiger partial charge in [-0.15, -0.1) is 0 Å². The predicted octanol–water partition coefficient (Wildman–Crippen LogP) is 4.93. The standard InChI is InChI=1S/C27H27FN4O3/c1-4-18-10-19(27(34)35)11-22-23(18)24(26(33)31-13-17-9-20(28)14-29-12-17)25(16(2)3)32(22)15-21-7-5-6-8-30-21/h5-12,14,16H,4,13,15H2,1-3H3,(H,31,33)(H,34,35). The molecule has 0 fully saturated rings. The molecule has 3 aromatic heterocycles. The normalized spacial score (nSPS) is 11.2. The molecule has 8 heteroatoms. The molecule has 4 aromatic rings. The van der Waals surface area contributed by atoms with Crippen LogP contribution in [0.15, 0.2) is 55.0 Å². The maximum Gasteiger partial charge on any atom is 0.335 e. The van der Waals surface area contributed by atoms with Crippen molar-refractivity contribution in [2.24, 2.45) is 0 Å². The van der Waals surface area contributed by atoms with E-state index in [9.17, 15) is 19.1 Å². The van der Waals surface area contributed by atoms with Crippen LogP contribution in [0.2, 0.25) is 0 Å². The number of benzene rings is 1. The zero-order valence-corrected chi connectivity index (χ0v) is 19.9. The molecule has 4 rings (SSSR count). The van der Waals surface area contributed by atoms with Gasteiger partial charge >= 0.3 is 5.97 Å². The average molecular weight is 475 g/mol. The second-order valence-electron chi connectivity index (χ2n) is 8.70. The maximum absolute atomic E-state index is 13.6. The first kappa shape index (κ1) is 24.1. The van der Waals surface area contributed by atoms with Crippen molar-refractivity contribution in [1.82, 2.24) is 19.9 Å². The molecule has 0 spiro atoms. The summed E-state index contributed by atoms with van der Waals surface area (Å²) in [6.45, 7) is 6.44. The fraction of sp³-hybridized carbons (Fsp3) is 0.259. The summed E-state index contributed by atoms with van der Waals surface area (Å²) in [7, 11) is 0. The van der Waals surface area contributed by atoms with Gasteiger partial charge in [0.25, 0.3) is 5.91 Å². The molecule has 1 amide bonds. The first-order valence-corrected chi connectivity index (χ1v) is 11.5. The van der Waals surface area contributed by atoms with Crippen LogP contribution in [0.1, 0.15) is 69.9 Å². The number of carbonyl (C=O) groups excluding carboxylic acids is 1. The lowest BCUT2D eigenvalue weighted by Gasteiger charge is -2.15. The summed E-state index contributed by atoms with van der Waals surface area (Å²) in [6.07, 6.45) is 4.88. The third-order valence-corrected chi connectivity index (χ3v) is 5.95. The largest absolute Gasteiger partial charge is 0.478 e. The minimum absolute atomic E-state index is 0.0410. The second kappa shape index (κ2) is 10.0. The Kier molecular flexibility index (Phi) is 6.91. The molecule has 0 aliphatic rings. The number of carboxylic acids is 1. The fourth-order valence-electron chi connectivity index (χ4n) is 4.46. The molecule has 0 saturated heterocycles. The number of nitrogens with zero attached hydrogens (tertiary/aromatic N) is 3. The Balaban J connectivity index is 1.91. The highest BCUT2D eigenvalue weighted by Gasteiger charge is 2.27. The third kappa shape index (κ3) is 4.91. The minimum Gasteiger partial charge on any atom is -0.478 e. The van der Waals surface area contributed by atoms with E-state index in [2.05, 4.69) is 15.3 Å². The molecule has 35 heavy (non-hydrogen) atoms. The minimum atomic E-state index is -1.03. The highest BCUT2D eigenvalue weighted by Crippen LogP contribution is 2.35. The molecule has 7 nitrogen and oxygen atoms in total. The van der Waals surface area contributed by atoms with E-state index in [1.807, 2.05) is 43.5 Å². The number of hydrogen-bond acceptors (Lipinski definition) is 4. The zero-order valence-electron chi connectivity index (χ0n) is 19.9. The summed E-state index contributed by atoms with van der Waals surface area (Å²) in [5.74, 6) is -1.84. The Hall–Kier alpha value is -4.07. The van der Waals surface area contributed by atoms with Crippen LogP contribution in [-0.4, -0.2) is 31.5 Å². The van der Waals surface area contributed by atoms with E-state index in [0.29, 0.717) is 29.6 Å². The molecular weight excluding hydrogens is 447 g/mol. The van der Waals surface area contributed by atoms with E-state index in [0.717, 1.165) is 28.5 Å². The second-order valence-corrected chi connectivity index (χ2v) is 8.70. The van der Waals surface area contributed by atoms with Crippen LogP contribution in [0.3, 0.4) is 0 Å². The number of aromatic carboxylic acids is 1. The van der Waals surface area contributed by atoms with E-state index >= 15 is 0 Å². The number of hydrogen-bond donors (Lipinski definition) is 2. The van der Waals surface area contributed by atoms with Crippen molar-refractivity contribution >= 4 is 22.8 Å². The molecule has 2 N–H and O–H groups in total. The van der Waals surface area contributed by atoms with E-state index < -0.39 is 11.8 Å². The zero-order chi connectivity index (χ0) is 25.1. The number of aryl methyl sites for hydroxylation is 1. The van der Waals surface area contributed by atoms with Gasteiger partial charge in [0, 0.05) is 30.0 Å². The van der Waals surface area contributed by atoms with Crippen molar-refractivity contribution < 1.29 is 19.1 Å². The van der Waals surface area contributed by atoms with Gasteiger partial charge in [-0.25, -0.2) is 9.18 Å². The lowest BCUT2D eigenvalue weighted by atomic mass is 9.97. The monoisotopic (exact) mass is 474 g/mol. The molecule has 0 saturated carbocycles. The predicted molar refractivity (Wildman–Crippen MR) is 131 cm³/mol. The van der Waals surface area contributed by atoms with Gasteiger partial charge in [0.05, 0.1) is 35.1 Å². The number of halogens is 1. The molecule has 1 aromatic carbocycles. The molecule has 0 unspecified atom stereocenters. The highest BCUT2D eigenvalue weighted by molar-refractivity contribution is 6.11. The van der Waals surface area contributed by atoms with Gasteiger partial charge in [-0.2, -0.15) is 0 Å². The number of rotatable bonds is 8. The van der Waals surface area contributed by atoms with E-state index in [1.54, 1.807) is 18.3 Å². The number of carboxylic acid groups (broad SMARTS) is 1. The Bertz CT molecular complexity index is 1400. The molecule has 0 aliphatic heterocycles. The van der Waals surface area contributed by atoms with Crippen LogP contribution >= 0.6 is 0 Å². The number of pyridine rings is 2. The Labute approximate surface area is 202 Å². The van der Waals surface area contributed by atoms with E-state index in [-0.39, 0.29) is 23.9 Å². The number of fused-ring (bicyclic) bond motifs is 1. The SMILES string of the molecule is CCc1cc(C(=O)O)cc2c1c(C(=O)NCc1cncc(F)c1)c(C(C)C)n2Cc1ccccn1. The molecule has 0 bridgehead atoms. The van der Waals surface area contributed by atoms with Crippen LogP contribution in [0.5, 0.6) is 0 Å². The van der Waals surface area contributed by atoms with Crippen molar-refractivity contribution in [1.29, 1.82) is 0 Å². The van der Waals surface area contributed by atoms with Crippen molar-refractivity contribution in [3.8, 4) is 0 Å². The number of carbonyl (C=O) groups is 2.